The van der Waals surface area contributed by atoms with Crippen LogP contribution in [0.25, 0.3) is 67.8 Å². The summed E-state index contributed by atoms with van der Waals surface area (Å²) in [5.41, 5.74) is 6.71. The van der Waals surface area contributed by atoms with Gasteiger partial charge in [-0.1, -0.05) is 24.3 Å². The zero-order valence-corrected chi connectivity index (χ0v) is 28.6. The highest BCUT2D eigenvalue weighted by Crippen LogP contribution is 2.38. The van der Waals surface area contributed by atoms with Gasteiger partial charge in [-0.25, -0.2) is 9.97 Å². The number of aromatic hydroxyl groups is 2. The fraction of sp³-hybridized carbons (Fsp3) is 0. The molecule has 4 N–H and O–H groups in total. The number of benzene rings is 6. The summed E-state index contributed by atoms with van der Waals surface area (Å²) in [6.45, 7) is 0. The number of nitro benzene ring substituents is 2. The van der Waals surface area contributed by atoms with Crippen LogP contribution in [0.2, 0.25) is 0 Å². The molecule has 13 heteroatoms. The molecule has 2 aromatic heterocycles. The highest BCUT2D eigenvalue weighted by atomic mass is 16.6. The Kier molecular flexibility index (Phi) is 8.77. The quantitative estimate of drug-likeness (QED) is 0.0783. The molecule has 13 nitrogen and oxygen atoms in total. The summed E-state index contributed by atoms with van der Waals surface area (Å²) in [6.07, 6.45) is 0. The van der Waals surface area contributed by atoms with Crippen LogP contribution >= 0.6 is 0 Å². The highest BCUT2D eigenvalue weighted by Gasteiger charge is 2.19. The third-order valence-electron chi connectivity index (χ3n) is 8.87. The fourth-order valence-corrected chi connectivity index (χ4v) is 6.16. The summed E-state index contributed by atoms with van der Waals surface area (Å²) < 4.78 is 6.20. The minimum Gasteiger partial charge on any atom is -0.508 e. The SMILES string of the molecule is O=[N+]([O-])c1ccc(-c2nc(-c3cccc(O)c3)[nH]c2-c2ccc(Oc3ccc(-c4nc(-c5cccc(O)c5)[nH]c4-c4ccc([N+](=O)[O-])cc4)cc3)cc2)cc1. The molecule has 55 heavy (non-hydrogen) atoms. The van der Waals surface area contributed by atoms with Crippen molar-refractivity contribution in [1.29, 1.82) is 0 Å². The fourth-order valence-electron chi connectivity index (χ4n) is 6.16. The molecule has 0 aliphatic carbocycles. The molecule has 0 aliphatic rings. The van der Waals surface area contributed by atoms with Crippen molar-refractivity contribution in [2.75, 3.05) is 0 Å². The van der Waals surface area contributed by atoms with Crippen molar-refractivity contribution >= 4 is 11.4 Å². The van der Waals surface area contributed by atoms with E-state index in [9.17, 15) is 30.4 Å². The minimum absolute atomic E-state index is 0.0277. The van der Waals surface area contributed by atoms with E-state index < -0.39 is 9.85 Å². The lowest BCUT2D eigenvalue weighted by molar-refractivity contribution is -0.385. The van der Waals surface area contributed by atoms with Crippen LogP contribution in [0.4, 0.5) is 11.4 Å². The number of phenolic OH excluding ortho intramolecular Hbond substituents is 2. The van der Waals surface area contributed by atoms with E-state index in [4.69, 9.17) is 14.7 Å². The Hall–Kier alpha value is -8.06. The Morgan fingerprint density at radius 3 is 1.22 bits per heavy atom. The second-order valence-electron chi connectivity index (χ2n) is 12.5. The van der Waals surface area contributed by atoms with Gasteiger partial charge >= 0.3 is 0 Å². The summed E-state index contributed by atoms with van der Waals surface area (Å²) in [4.78, 5) is 38.0. The highest BCUT2D eigenvalue weighted by molar-refractivity contribution is 5.83. The number of rotatable bonds is 10. The van der Waals surface area contributed by atoms with Gasteiger partial charge < -0.3 is 24.9 Å². The molecule has 6 aromatic carbocycles. The number of hydrogen-bond acceptors (Lipinski definition) is 9. The molecule has 0 bridgehead atoms. The second kappa shape index (κ2) is 14.2. The Morgan fingerprint density at radius 2 is 0.836 bits per heavy atom. The molecule has 0 amide bonds. The number of hydrogen-bond donors (Lipinski definition) is 4. The second-order valence-corrected chi connectivity index (χ2v) is 12.5. The lowest BCUT2D eigenvalue weighted by Gasteiger charge is -2.09. The van der Waals surface area contributed by atoms with E-state index >= 15 is 0 Å². The molecule has 0 radical (unpaired) electrons. The largest absolute Gasteiger partial charge is 0.508 e. The van der Waals surface area contributed by atoms with Crippen molar-refractivity contribution in [3.8, 4) is 90.8 Å². The Bertz CT molecular complexity index is 2500. The lowest BCUT2D eigenvalue weighted by Crippen LogP contribution is -1.89. The first-order valence-corrected chi connectivity index (χ1v) is 16.9. The summed E-state index contributed by atoms with van der Waals surface area (Å²) in [6, 6.07) is 40.5. The number of H-pyrrole nitrogens is 2. The van der Waals surface area contributed by atoms with Crippen LogP contribution in [-0.4, -0.2) is 40.0 Å². The first-order valence-electron chi connectivity index (χ1n) is 16.9. The topological polar surface area (TPSA) is 193 Å². The lowest BCUT2D eigenvalue weighted by atomic mass is 10.0. The van der Waals surface area contributed by atoms with Gasteiger partial charge in [0.1, 0.15) is 34.6 Å². The molecule has 268 valence electrons. The number of nitro groups is 2. The van der Waals surface area contributed by atoms with Gasteiger partial charge in [-0.3, -0.25) is 20.2 Å². The maximum absolute atomic E-state index is 11.3. The van der Waals surface area contributed by atoms with Gasteiger partial charge in [0.2, 0.25) is 0 Å². The van der Waals surface area contributed by atoms with Crippen LogP contribution in [0.1, 0.15) is 0 Å². The van der Waals surface area contributed by atoms with Crippen molar-refractivity contribution in [1.82, 2.24) is 19.9 Å². The molecule has 8 aromatic rings. The molecule has 0 saturated carbocycles. The van der Waals surface area contributed by atoms with Crippen molar-refractivity contribution in [3.63, 3.8) is 0 Å². The molecular formula is C42H28N6O7. The van der Waals surface area contributed by atoms with Crippen LogP contribution < -0.4 is 4.74 Å². The zero-order chi connectivity index (χ0) is 38.1. The maximum Gasteiger partial charge on any atom is 0.269 e. The van der Waals surface area contributed by atoms with Gasteiger partial charge in [0.05, 0.1) is 32.6 Å². The maximum atomic E-state index is 11.3. The molecule has 0 atom stereocenters. The number of aromatic amines is 2. The molecule has 0 unspecified atom stereocenters. The predicted molar refractivity (Wildman–Crippen MR) is 207 cm³/mol. The van der Waals surface area contributed by atoms with Gasteiger partial charge in [-0.2, -0.15) is 0 Å². The van der Waals surface area contributed by atoms with E-state index in [1.165, 1.54) is 24.3 Å². The van der Waals surface area contributed by atoms with E-state index in [0.29, 0.717) is 68.2 Å². The minimum atomic E-state index is -0.454. The summed E-state index contributed by atoms with van der Waals surface area (Å²) in [5.74, 6) is 2.35. The van der Waals surface area contributed by atoms with E-state index in [2.05, 4.69) is 9.97 Å². The van der Waals surface area contributed by atoms with Gasteiger partial charge in [0, 0.05) is 57.6 Å². The predicted octanol–water partition coefficient (Wildman–Crippen LogP) is 10.2. The summed E-state index contributed by atoms with van der Waals surface area (Å²) in [5, 5.41) is 42.7. The Morgan fingerprint density at radius 1 is 0.473 bits per heavy atom. The number of nitrogens with zero attached hydrogens (tertiary/aromatic N) is 4. The van der Waals surface area contributed by atoms with E-state index in [-0.39, 0.29) is 22.9 Å². The van der Waals surface area contributed by atoms with Crippen LogP contribution in [0.15, 0.2) is 146 Å². The number of aromatic nitrogens is 4. The molecule has 0 fully saturated rings. The van der Waals surface area contributed by atoms with Gasteiger partial charge in [-0.05, 0) is 97.1 Å². The van der Waals surface area contributed by atoms with E-state index in [0.717, 1.165) is 11.1 Å². The third-order valence-corrected chi connectivity index (χ3v) is 8.87. The van der Waals surface area contributed by atoms with Gasteiger partial charge in [-0.15, -0.1) is 0 Å². The molecule has 2 heterocycles. The molecule has 0 saturated heterocycles. The number of non-ortho nitro benzene ring substituents is 2. The van der Waals surface area contributed by atoms with Crippen LogP contribution in [0.3, 0.4) is 0 Å². The Labute approximate surface area is 312 Å². The smallest absolute Gasteiger partial charge is 0.269 e. The monoisotopic (exact) mass is 728 g/mol. The average molecular weight is 729 g/mol. The number of imidazole rings is 2. The van der Waals surface area contributed by atoms with Crippen molar-refractivity contribution in [3.05, 3.63) is 166 Å². The summed E-state index contributed by atoms with van der Waals surface area (Å²) in [7, 11) is 0. The summed E-state index contributed by atoms with van der Waals surface area (Å²) >= 11 is 0. The number of nitrogens with one attached hydrogen (secondary N) is 2. The molecular weight excluding hydrogens is 700 g/mol. The van der Waals surface area contributed by atoms with Gasteiger partial charge in [0.15, 0.2) is 0 Å². The first-order chi connectivity index (χ1) is 26.7. The van der Waals surface area contributed by atoms with Crippen LogP contribution in [0.5, 0.6) is 23.0 Å². The normalized spacial score (nSPS) is 11.0. The zero-order valence-electron chi connectivity index (χ0n) is 28.6. The van der Waals surface area contributed by atoms with Gasteiger partial charge in [0.25, 0.3) is 11.4 Å². The average Bonchev–Trinajstić information content (AvgIpc) is 3.85. The van der Waals surface area contributed by atoms with Crippen LogP contribution in [-0.2, 0) is 0 Å². The van der Waals surface area contributed by atoms with Crippen molar-refractivity contribution < 1.29 is 24.8 Å². The van der Waals surface area contributed by atoms with Crippen molar-refractivity contribution in [2.45, 2.75) is 0 Å². The van der Waals surface area contributed by atoms with E-state index in [1.54, 1.807) is 60.7 Å². The molecule has 0 spiro atoms. The van der Waals surface area contributed by atoms with Crippen LogP contribution in [0, 0.1) is 20.2 Å². The molecule has 8 rings (SSSR count). The standard InChI is InChI=1S/C42H28N6O7/c49-33-5-1-3-29(23-33)41-43-37(25-7-15-31(16-8-25)47(51)52)39(45-41)27-11-19-35(20-12-27)55-36-21-13-28(14-22-36)40-38(26-9-17-32(18-10-26)48(53)54)44-42(46-40)30-4-2-6-34(50)24-30/h1-24,49-50H,(H,43,45)(H,44,46). The Balaban J connectivity index is 1.07. The first kappa shape index (κ1) is 34.0. The third kappa shape index (κ3) is 7.08. The van der Waals surface area contributed by atoms with E-state index in [1.807, 2.05) is 60.7 Å². The molecule has 0 aliphatic heterocycles. The van der Waals surface area contributed by atoms with Crippen molar-refractivity contribution in [2.24, 2.45) is 0 Å². The number of ether oxygens (including phenoxy) is 1. The number of phenols is 2.